The lowest BCUT2D eigenvalue weighted by Gasteiger charge is -2.28. The molecule has 1 aliphatic rings. The third-order valence-electron chi connectivity index (χ3n) is 5.45. The molecule has 0 saturated carbocycles. The van der Waals surface area contributed by atoms with Crippen LogP contribution in [0.4, 0.5) is 0 Å². The summed E-state index contributed by atoms with van der Waals surface area (Å²) in [4.78, 5) is 27.3. The fourth-order valence-corrected chi connectivity index (χ4v) is 3.70. The molecule has 2 aromatic heterocycles. The Bertz CT molecular complexity index is 1100. The van der Waals surface area contributed by atoms with E-state index in [1.807, 2.05) is 36.5 Å². The van der Waals surface area contributed by atoms with Crippen LogP contribution in [0.25, 0.3) is 11.3 Å². The fourth-order valence-electron chi connectivity index (χ4n) is 3.70. The minimum atomic E-state index is -0.165. The van der Waals surface area contributed by atoms with Crippen LogP contribution in [0, 0.1) is 0 Å². The Balaban J connectivity index is 1.48. The molecule has 4 rings (SSSR count). The number of nitrogens with zero attached hydrogens (tertiary/aromatic N) is 3. The van der Waals surface area contributed by atoms with Gasteiger partial charge in [-0.1, -0.05) is 39.0 Å². The van der Waals surface area contributed by atoms with E-state index in [2.05, 4.69) is 41.7 Å². The molecule has 0 saturated heterocycles. The van der Waals surface area contributed by atoms with Crippen LogP contribution in [0.3, 0.4) is 0 Å². The lowest BCUT2D eigenvalue weighted by Crippen LogP contribution is -2.37. The Kier molecular flexibility index (Phi) is 5.43. The van der Waals surface area contributed by atoms with Gasteiger partial charge in [0.25, 0.3) is 5.56 Å². The highest BCUT2D eigenvalue weighted by atomic mass is 16.5. The Morgan fingerprint density at radius 3 is 2.73 bits per heavy atom. The molecule has 1 aromatic carbocycles. The standard InChI is InChI=1S/C24H28N4O2/c1-24(2,3)23-26-21-10-11-28(15-19(21)22(29)27-23)14-16-8-9-20(25-13-16)17-6-5-7-18(12-17)30-4/h5-9,12-13H,10-11,14-15H2,1-4H3,(H,26,27,29). The summed E-state index contributed by atoms with van der Waals surface area (Å²) in [7, 11) is 1.66. The third kappa shape index (κ3) is 4.28. The predicted molar refractivity (Wildman–Crippen MR) is 118 cm³/mol. The van der Waals surface area contributed by atoms with Gasteiger partial charge in [0.1, 0.15) is 11.6 Å². The average molecular weight is 405 g/mol. The maximum Gasteiger partial charge on any atom is 0.255 e. The molecule has 3 heterocycles. The normalized spacial score (nSPS) is 14.4. The van der Waals surface area contributed by atoms with Crippen molar-refractivity contribution in [3.8, 4) is 17.0 Å². The third-order valence-corrected chi connectivity index (χ3v) is 5.45. The molecule has 0 unspecified atom stereocenters. The number of ether oxygens (including phenoxy) is 1. The van der Waals surface area contributed by atoms with Gasteiger partial charge in [-0.05, 0) is 23.8 Å². The Hall–Kier alpha value is -2.99. The lowest BCUT2D eigenvalue weighted by atomic mass is 9.95. The molecule has 1 N–H and O–H groups in total. The molecule has 3 aromatic rings. The minimum absolute atomic E-state index is 0.0128. The van der Waals surface area contributed by atoms with E-state index in [0.717, 1.165) is 59.2 Å². The van der Waals surface area contributed by atoms with Crippen LogP contribution in [-0.2, 0) is 24.9 Å². The molecule has 156 valence electrons. The van der Waals surface area contributed by atoms with E-state index in [1.54, 1.807) is 7.11 Å². The van der Waals surface area contributed by atoms with Gasteiger partial charge in [0.15, 0.2) is 0 Å². The highest BCUT2D eigenvalue weighted by Gasteiger charge is 2.24. The summed E-state index contributed by atoms with van der Waals surface area (Å²) in [5, 5.41) is 0. The van der Waals surface area contributed by atoms with Crippen LogP contribution in [0.2, 0.25) is 0 Å². The van der Waals surface area contributed by atoms with Crippen LogP contribution < -0.4 is 10.3 Å². The smallest absolute Gasteiger partial charge is 0.255 e. The number of H-pyrrole nitrogens is 1. The second kappa shape index (κ2) is 8.03. The quantitative estimate of drug-likeness (QED) is 0.718. The van der Waals surface area contributed by atoms with Gasteiger partial charge in [0, 0.05) is 43.2 Å². The summed E-state index contributed by atoms with van der Waals surface area (Å²) in [6.07, 6.45) is 2.70. The maximum absolute atomic E-state index is 12.6. The van der Waals surface area contributed by atoms with Crippen molar-refractivity contribution in [1.29, 1.82) is 0 Å². The van der Waals surface area contributed by atoms with Gasteiger partial charge in [-0.2, -0.15) is 0 Å². The lowest BCUT2D eigenvalue weighted by molar-refractivity contribution is 0.240. The summed E-state index contributed by atoms with van der Waals surface area (Å²) in [6.45, 7) is 8.44. The number of nitrogens with one attached hydrogen (secondary N) is 1. The van der Waals surface area contributed by atoms with E-state index in [1.165, 1.54) is 0 Å². The van der Waals surface area contributed by atoms with Gasteiger partial charge in [-0.3, -0.25) is 14.7 Å². The van der Waals surface area contributed by atoms with Crippen LogP contribution in [0.5, 0.6) is 5.75 Å². The van der Waals surface area contributed by atoms with Gasteiger partial charge in [-0.25, -0.2) is 4.98 Å². The molecule has 0 radical (unpaired) electrons. The second-order valence-corrected chi connectivity index (χ2v) is 8.83. The Labute approximate surface area is 177 Å². The van der Waals surface area contributed by atoms with E-state index in [0.29, 0.717) is 6.54 Å². The number of hydrogen-bond acceptors (Lipinski definition) is 5. The molecule has 0 aliphatic carbocycles. The van der Waals surface area contributed by atoms with Gasteiger partial charge in [-0.15, -0.1) is 0 Å². The van der Waals surface area contributed by atoms with Crippen LogP contribution in [-0.4, -0.2) is 33.5 Å². The maximum atomic E-state index is 12.6. The molecule has 0 amide bonds. The summed E-state index contributed by atoms with van der Waals surface area (Å²) < 4.78 is 5.30. The van der Waals surface area contributed by atoms with Crippen LogP contribution in [0.15, 0.2) is 47.4 Å². The number of hydrogen-bond donors (Lipinski definition) is 1. The molecule has 1 aliphatic heterocycles. The molecule has 6 heteroatoms. The minimum Gasteiger partial charge on any atom is -0.497 e. The largest absolute Gasteiger partial charge is 0.497 e. The van der Waals surface area contributed by atoms with Gasteiger partial charge >= 0.3 is 0 Å². The number of fused-ring (bicyclic) bond motifs is 1. The van der Waals surface area contributed by atoms with Crippen LogP contribution >= 0.6 is 0 Å². The van der Waals surface area contributed by atoms with E-state index >= 15 is 0 Å². The van der Waals surface area contributed by atoms with Crippen molar-refractivity contribution in [2.45, 2.75) is 45.7 Å². The zero-order valence-corrected chi connectivity index (χ0v) is 18.0. The fraction of sp³-hybridized carbons (Fsp3) is 0.375. The van der Waals surface area contributed by atoms with E-state index in [4.69, 9.17) is 9.72 Å². The van der Waals surface area contributed by atoms with Crippen molar-refractivity contribution in [1.82, 2.24) is 19.9 Å². The number of pyridine rings is 1. The predicted octanol–water partition coefficient (Wildman–Crippen LogP) is 3.70. The Morgan fingerprint density at radius 1 is 1.20 bits per heavy atom. The van der Waals surface area contributed by atoms with Crippen molar-refractivity contribution in [3.63, 3.8) is 0 Å². The monoisotopic (exact) mass is 404 g/mol. The zero-order valence-electron chi connectivity index (χ0n) is 18.0. The first-order valence-corrected chi connectivity index (χ1v) is 10.3. The van der Waals surface area contributed by atoms with E-state index < -0.39 is 0 Å². The average Bonchev–Trinajstić information content (AvgIpc) is 2.74. The summed E-state index contributed by atoms with van der Waals surface area (Å²) >= 11 is 0. The van der Waals surface area contributed by atoms with Crippen molar-refractivity contribution in [2.24, 2.45) is 0 Å². The highest BCUT2D eigenvalue weighted by molar-refractivity contribution is 5.61. The number of benzene rings is 1. The molecular weight excluding hydrogens is 376 g/mol. The van der Waals surface area contributed by atoms with Gasteiger partial charge < -0.3 is 9.72 Å². The van der Waals surface area contributed by atoms with E-state index in [9.17, 15) is 4.79 Å². The second-order valence-electron chi connectivity index (χ2n) is 8.83. The van der Waals surface area contributed by atoms with Crippen molar-refractivity contribution in [2.75, 3.05) is 13.7 Å². The zero-order chi connectivity index (χ0) is 21.3. The highest BCUT2D eigenvalue weighted by Crippen LogP contribution is 2.24. The summed E-state index contributed by atoms with van der Waals surface area (Å²) in [5.41, 5.74) is 4.61. The molecule has 30 heavy (non-hydrogen) atoms. The van der Waals surface area contributed by atoms with Crippen molar-refractivity contribution < 1.29 is 4.74 Å². The molecule has 0 fully saturated rings. The van der Waals surface area contributed by atoms with Gasteiger partial charge in [0.05, 0.1) is 24.1 Å². The molecule has 6 nitrogen and oxygen atoms in total. The van der Waals surface area contributed by atoms with E-state index in [-0.39, 0.29) is 11.0 Å². The molecule has 0 bridgehead atoms. The number of rotatable bonds is 4. The Morgan fingerprint density at radius 2 is 2.03 bits per heavy atom. The van der Waals surface area contributed by atoms with Crippen LogP contribution in [0.1, 0.15) is 43.4 Å². The van der Waals surface area contributed by atoms with Crippen molar-refractivity contribution >= 4 is 0 Å². The van der Waals surface area contributed by atoms with Crippen molar-refractivity contribution in [3.05, 3.63) is 75.6 Å². The molecule has 0 atom stereocenters. The molecular formula is C24H28N4O2. The SMILES string of the molecule is COc1cccc(-c2ccc(CN3CCc4nc(C(C)(C)C)[nH]c(=O)c4C3)cn2)c1. The first kappa shape index (κ1) is 20.3. The van der Waals surface area contributed by atoms with Gasteiger partial charge in [0.2, 0.25) is 0 Å². The number of aromatic amines is 1. The summed E-state index contributed by atoms with van der Waals surface area (Å²) in [6, 6.07) is 12.0. The first-order valence-electron chi connectivity index (χ1n) is 10.3. The first-order chi connectivity index (χ1) is 14.3. The summed E-state index contributed by atoms with van der Waals surface area (Å²) in [5.74, 6) is 1.58. The molecule has 0 spiro atoms. The topological polar surface area (TPSA) is 71.1 Å². The number of aromatic nitrogens is 3. The number of methoxy groups -OCH3 is 1.